The molecular formula is C14H19N3. The maximum absolute atomic E-state index is 5.32. The number of nitrogens with zero attached hydrogens (tertiary/aromatic N) is 2. The molecule has 2 heterocycles. The van der Waals surface area contributed by atoms with E-state index < -0.39 is 0 Å². The molecule has 0 bridgehead atoms. The monoisotopic (exact) mass is 229 g/mol. The Hall–Kier alpha value is -1.53. The van der Waals surface area contributed by atoms with Crippen LogP contribution in [0, 0.1) is 19.3 Å². The number of terminal acetylenes is 1. The second-order valence-electron chi connectivity index (χ2n) is 4.54. The van der Waals surface area contributed by atoms with Gasteiger partial charge in [0.2, 0.25) is 0 Å². The van der Waals surface area contributed by atoms with Gasteiger partial charge >= 0.3 is 0 Å². The van der Waals surface area contributed by atoms with Gasteiger partial charge in [-0.05, 0) is 31.9 Å². The highest BCUT2D eigenvalue weighted by Gasteiger charge is 2.18. The molecule has 0 saturated carbocycles. The Balaban J connectivity index is 1.86. The van der Waals surface area contributed by atoms with E-state index in [0.717, 1.165) is 43.9 Å². The fourth-order valence-electron chi connectivity index (χ4n) is 2.22. The molecule has 0 spiro atoms. The zero-order valence-corrected chi connectivity index (χ0v) is 10.3. The van der Waals surface area contributed by atoms with E-state index in [9.17, 15) is 0 Å². The zero-order valence-electron chi connectivity index (χ0n) is 10.3. The standard InChI is InChI=1S/C14H19N3/c1-3-9-17-10-6-13(7-11-17)16-14-5-4-8-15-12(14)2/h1,4-5,8,13,16H,6-7,9-11H2,2H3. The van der Waals surface area contributed by atoms with E-state index in [2.05, 4.69) is 27.2 Å². The summed E-state index contributed by atoms with van der Waals surface area (Å²) in [6.45, 7) is 4.98. The Bertz CT molecular complexity index is 400. The number of hydrogen-bond donors (Lipinski definition) is 1. The Labute approximate surface area is 103 Å². The number of likely N-dealkylation sites (tertiary alicyclic amines) is 1. The summed E-state index contributed by atoms with van der Waals surface area (Å²) in [5.74, 6) is 2.71. The number of pyridine rings is 1. The fourth-order valence-corrected chi connectivity index (χ4v) is 2.22. The molecule has 3 heteroatoms. The zero-order chi connectivity index (χ0) is 12.1. The second kappa shape index (κ2) is 5.70. The lowest BCUT2D eigenvalue weighted by Crippen LogP contribution is -2.39. The molecule has 0 aromatic carbocycles. The highest BCUT2D eigenvalue weighted by Crippen LogP contribution is 2.17. The highest BCUT2D eigenvalue weighted by molar-refractivity contribution is 5.47. The molecule has 1 aliphatic heterocycles. The summed E-state index contributed by atoms with van der Waals surface area (Å²) in [4.78, 5) is 6.62. The minimum absolute atomic E-state index is 0.548. The minimum atomic E-state index is 0.548. The third kappa shape index (κ3) is 3.21. The molecule has 3 nitrogen and oxygen atoms in total. The second-order valence-corrected chi connectivity index (χ2v) is 4.54. The van der Waals surface area contributed by atoms with Crippen molar-refractivity contribution in [2.45, 2.75) is 25.8 Å². The normalized spacial score (nSPS) is 17.6. The van der Waals surface area contributed by atoms with Gasteiger partial charge in [0.1, 0.15) is 0 Å². The molecule has 0 unspecified atom stereocenters. The molecule has 1 aromatic heterocycles. The van der Waals surface area contributed by atoms with Gasteiger partial charge in [-0.15, -0.1) is 6.42 Å². The molecule has 90 valence electrons. The van der Waals surface area contributed by atoms with Crippen LogP contribution < -0.4 is 5.32 Å². The Morgan fingerprint density at radius 1 is 1.53 bits per heavy atom. The van der Waals surface area contributed by atoms with Crippen LogP contribution in [0.25, 0.3) is 0 Å². The molecule has 17 heavy (non-hydrogen) atoms. The van der Waals surface area contributed by atoms with Crippen LogP contribution in [0.4, 0.5) is 5.69 Å². The van der Waals surface area contributed by atoms with Gasteiger partial charge in [0, 0.05) is 25.3 Å². The van der Waals surface area contributed by atoms with Crippen molar-refractivity contribution >= 4 is 5.69 Å². The maximum Gasteiger partial charge on any atom is 0.0603 e. The van der Waals surface area contributed by atoms with Gasteiger partial charge < -0.3 is 5.32 Å². The summed E-state index contributed by atoms with van der Waals surface area (Å²) in [5.41, 5.74) is 2.22. The molecule has 1 saturated heterocycles. The van der Waals surface area contributed by atoms with E-state index in [1.807, 2.05) is 19.2 Å². The molecule has 1 aliphatic rings. The number of aromatic nitrogens is 1. The van der Waals surface area contributed by atoms with Gasteiger partial charge in [-0.25, -0.2) is 0 Å². The first-order valence-corrected chi connectivity index (χ1v) is 6.13. The smallest absolute Gasteiger partial charge is 0.0603 e. The number of nitrogens with one attached hydrogen (secondary N) is 1. The van der Waals surface area contributed by atoms with E-state index in [-0.39, 0.29) is 0 Å². The van der Waals surface area contributed by atoms with Gasteiger partial charge in [0.25, 0.3) is 0 Å². The molecule has 1 N–H and O–H groups in total. The highest BCUT2D eigenvalue weighted by atomic mass is 15.1. The van der Waals surface area contributed by atoms with Crippen molar-refractivity contribution in [3.05, 3.63) is 24.0 Å². The van der Waals surface area contributed by atoms with Gasteiger partial charge in [-0.3, -0.25) is 9.88 Å². The molecule has 0 aliphatic carbocycles. The number of hydrogen-bond acceptors (Lipinski definition) is 3. The van der Waals surface area contributed by atoms with E-state index in [1.54, 1.807) is 0 Å². The summed E-state index contributed by atoms with van der Waals surface area (Å²) in [6, 6.07) is 4.62. The molecule has 0 amide bonds. The summed E-state index contributed by atoms with van der Waals surface area (Å²) in [5, 5.41) is 3.57. The van der Waals surface area contributed by atoms with E-state index in [4.69, 9.17) is 6.42 Å². The fraction of sp³-hybridized carbons (Fsp3) is 0.500. The maximum atomic E-state index is 5.32. The van der Waals surface area contributed by atoms with E-state index in [0.29, 0.717) is 6.04 Å². The number of rotatable bonds is 3. The number of anilines is 1. The Morgan fingerprint density at radius 2 is 2.29 bits per heavy atom. The topological polar surface area (TPSA) is 28.2 Å². The van der Waals surface area contributed by atoms with E-state index >= 15 is 0 Å². The largest absolute Gasteiger partial charge is 0.381 e. The summed E-state index contributed by atoms with van der Waals surface area (Å²) < 4.78 is 0. The van der Waals surface area contributed by atoms with Crippen molar-refractivity contribution in [3.63, 3.8) is 0 Å². The first kappa shape index (κ1) is 11.9. The Kier molecular flexibility index (Phi) is 4.00. The predicted molar refractivity (Wildman–Crippen MR) is 70.9 cm³/mol. The van der Waals surface area contributed by atoms with Crippen molar-refractivity contribution in [2.75, 3.05) is 25.0 Å². The van der Waals surface area contributed by atoms with Gasteiger partial charge in [0.05, 0.1) is 17.9 Å². The minimum Gasteiger partial charge on any atom is -0.381 e. The van der Waals surface area contributed by atoms with Crippen LogP contribution in [0.3, 0.4) is 0 Å². The van der Waals surface area contributed by atoms with Crippen LogP contribution in [0.5, 0.6) is 0 Å². The average Bonchev–Trinajstić information content (AvgIpc) is 2.35. The van der Waals surface area contributed by atoms with Gasteiger partial charge in [-0.1, -0.05) is 5.92 Å². The third-order valence-corrected chi connectivity index (χ3v) is 3.27. The van der Waals surface area contributed by atoms with Gasteiger partial charge in [0.15, 0.2) is 0 Å². The molecule has 1 fully saturated rings. The van der Waals surface area contributed by atoms with Crippen molar-refractivity contribution in [3.8, 4) is 12.3 Å². The first-order valence-electron chi connectivity index (χ1n) is 6.13. The Morgan fingerprint density at radius 3 is 2.94 bits per heavy atom. The van der Waals surface area contributed by atoms with Gasteiger partial charge in [-0.2, -0.15) is 0 Å². The average molecular weight is 229 g/mol. The van der Waals surface area contributed by atoms with Crippen LogP contribution in [0.15, 0.2) is 18.3 Å². The molecule has 1 aromatic rings. The lowest BCUT2D eigenvalue weighted by atomic mass is 10.0. The lowest BCUT2D eigenvalue weighted by molar-refractivity contribution is 0.243. The van der Waals surface area contributed by atoms with Crippen molar-refractivity contribution in [1.82, 2.24) is 9.88 Å². The quantitative estimate of drug-likeness (QED) is 0.802. The van der Waals surface area contributed by atoms with Crippen molar-refractivity contribution < 1.29 is 0 Å². The lowest BCUT2D eigenvalue weighted by Gasteiger charge is -2.31. The molecule has 2 rings (SSSR count). The molecular weight excluding hydrogens is 210 g/mol. The van der Waals surface area contributed by atoms with E-state index in [1.165, 1.54) is 0 Å². The van der Waals surface area contributed by atoms with Crippen LogP contribution in [-0.4, -0.2) is 35.6 Å². The van der Waals surface area contributed by atoms with Crippen molar-refractivity contribution in [1.29, 1.82) is 0 Å². The van der Waals surface area contributed by atoms with Crippen LogP contribution >= 0.6 is 0 Å². The molecule has 0 radical (unpaired) electrons. The summed E-state index contributed by atoms with van der Waals surface area (Å²) in [6.07, 6.45) is 9.45. The number of aryl methyl sites for hydroxylation is 1. The van der Waals surface area contributed by atoms with Crippen LogP contribution in [0.1, 0.15) is 18.5 Å². The van der Waals surface area contributed by atoms with Crippen molar-refractivity contribution in [2.24, 2.45) is 0 Å². The predicted octanol–water partition coefficient (Wildman–Crippen LogP) is 1.90. The SMILES string of the molecule is C#CCN1CCC(Nc2cccnc2C)CC1. The summed E-state index contributed by atoms with van der Waals surface area (Å²) in [7, 11) is 0. The van der Waals surface area contributed by atoms with Crippen LogP contribution in [-0.2, 0) is 0 Å². The first-order chi connectivity index (χ1) is 8.29. The van der Waals surface area contributed by atoms with Crippen LogP contribution in [0.2, 0.25) is 0 Å². The number of piperidine rings is 1. The summed E-state index contributed by atoms with van der Waals surface area (Å²) >= 11 is 0. The molecule has 0 atom stereocenters. The third-order valence-electron chi connectivity index (χ3n) is 3.27.